The van der Waals surface area contributed by atoms with Gasteiger partial charge >= 0.3 is 0 Å². The van der Waals surface area contributed by atoms with Gasteiger partial charge < -0.3 is 15.4 Å². The maximum atomic E-state index is 12.5. The van der Waals surface area contributed by atoms with Crippen LogP contribution in [0.15, 0.2) is 73.4 Å². The molecule has 0 spiro atoms. The minimum Gasteiger partial charge on any atom is -0.495 e. The number of rotatable bonds is 9. The van der Waals surface area contributed by atoms with Crippen LogP contribution in [0.25, 0.3) is 33.0 Å². The average Bonchev–Trinajstić information content (AvgIpc) is 3.81. The molecule has 0 unspecified atom stereocenters. The van der Waals surface area contributed by atoms with E-state index in [1.807, 2.05) is 56.0 Å². The fourth-order valence-electron chi connectivity index (χ4n) is 6.13. The Bertz CT molecular complexity index is 1790. The van der Waals surface area contributed by atoms with E-state index >= 15 is 0 Å². The molecule has 2 fully saturated rings. The Morgan fingerprint density at radius 3 is 2.52 bits per heavy atom. The summed E-state index contributed by atoms with van der Waals surface area (Å²) in [5.74, 6) is 2.12. The topological polar surface area (TPSA) is 110 Å². The standard InChI is InChI=1S/C34H36N8O2/c1-35-33-30-19-37-31(40-34(43)22-9-10-22)16-28(30)29(18-38-33)27-8-5-7-26(32(27)44-2)23-17-39-42(20-23)25-11-14-41(15-12-25)21-24-6-3-4-13-36-24/h3-8,13,16-20,22,25H,9-12,14-15,21H2,1-2H3,(H,35,38)(H,37,40,43). The zero-order chi connectivity index (χ0) is 30.0. The molecule has 1 aliphatic carbocycles. The Morgan fingerprint density at radius 2 is 1.77 bits per heavy atom. The number of amides is 1. The van der Waals surface area contributed by atoms with Crippen LogP contribution in [0.2, 0.25) is 0 Å². The highest BCUT2D eigenvalue weighted by atomic mass is 16.5. The van der Waals surface area contributed by atoms with E-state index in [0.29, 0.717) is 11.9 Å². The number of hydrogen-bond donors (Lipinski definition) is 2. The van der Waals surface area contributed by atoms with Gasteiger partial charge in [0.2, 0.25) is 5.91 Å². The van der Waals surface area contributed by atoms with Gasteiger partial charge in [0, 0.05) is 90.4 Å². The molecule has 5 aromatic rings. The molecule has 0 bridgehead atoms. The number of nitrogens with zero attached hydrogens (tertiary/aromatic N) is 6. The van der Waals surface area contributed by atoms with Crippen molar-refractivity contribution in [3.8, 4) is 28.0 Å². The molecule has 4 aromatic heterocycles. The van der Waals surface area contributed by atoms with Crippen molar-refractivity contribution in [2.24, 2.45) is 5.92 Å². The lowest BCUT2D eigenvalue weighted by Crippen LogP contribution is -2.34. The maximum absolute atomic E-state index is 12.5. The van der Waals surface area contributed by atoms with E-state index in [2.05, 4.69) is 53.5 Å². The van der Waals surface area contributed by atoms with Crippen LogP contribution in [0.1, 0.15) is 37.4 Å². The molecule has 1 aliphatic heterocycles. The van der Waals surface area contributed by atoms with Crippen molar-refractivity contribution in [2.75, 3.05) is 37.9 Å². The first-order valence-electron chi connectivity index (χ1n) is 15.2. The van der Waals surface area contributed by atoms with E-state index in [0.717, 1.165) is 95.6 Å². The van der Waals surface area contributed by atoms with Crippen molar-refractivity contribution in [3.05, 3.63) is 79.1 Å². The summed E-state index contributed by atoms with van der Waals surface area (Å²) in [6, 6.07) is 14.5. The van der Waals surface area contributed by atoms with Gasteiger partial charge in [-0.1, -0.05) is 24.3 Å². The van der Waals surface area contributed by atoms with Crippen molar-refractivity contribution in [2.45, 2.75) is 38.3 Å². The van der Waals surface area contributed by atoms with Crippen LogP contribution in [-0.2, 0) is 11.3 Å². The number of carbonyl (C=O) groups excluding carboxylic acids is 1. The van der Waals surface area contributed by atoms with Gasteiger partial charge in [0.05, 0.1) is 25.0 Å². The second kappa shape index (κ2) is 12.0. The first-order valence-corrected chi connectivity index (χ1v) is 15.2. The fraction of sp³-hybridized carbons (Fsp3) is 0.324. The molecule has 44 heavy (non-hydrogen) atoms. The molecule has 10 nitrogen and oxygen atoms in total. The van der Waals surface area contributed by atoms with Gasteiger partial charge in [0.15, 0.2) is 0 Å². The molecule has 7 rings (SSSR count). The molecule has 0 atom stereocenters. The van der Waals surface area contributed by atoms with Gasteiger partial charge in [-0.05, 0) is 43.9 Å². The molecular formula is C34H36N8O2. The van der Waals surface area contributed by atoms with E-state index < -0.39 is 0 Å². The number of nitrogens with one attached hydrogen (secondary N) is 2. The highest BCUT2D eigenvalue weighted by Gasteiger charge is 2.30. The van der Waals surface area contributed by atoms with Gasteiger partial charge in [-0.2, -0.15) is 5.10 Å². The van der Waals surface area contributed by atoms with Crippen molar-refractivity contribution < 1.29 is 9.53 Å². The van der Waals surface area contributed by atoms with Crippen molar-refractivity contribution >= 4 is 28.3 Å². The summed E-state index contributed by atoms with van der Waals surface area (Å²) in [4.78, 5) is 28.6. The van der Waals surface area contributed by atoms with Gasteiger partial charge in [0.25, 0.3) is 0 Å². The summed E-state index contributed by atoms with van der Waals surface area (Å²) in [6.45, 7) is 2.90. The molecule has 1 saturated heterocycles. The maximum Gasteiger partial charge on any atom is 0.228 e. The molecule has 1 aromatic carbocycles. The Kier molecular flexibility index (Phi) is 7.66. The zero-order valence-electron chi connectivity index (χ0n) is 25.0. The van der Waals surface area contributed by atoms with E-state index in [1.54, 1.807) is 13.3 Å². The number of hydrogen-bond acceptors (Lipinski definition) is 8. The largest absolute Gasteiger partial charge is 0.495 e. The molecule has 5 heterocycles. The summed E-state index contributed by atoms with van der Waals surface area (Å²) in [6.07, 6.45) is 13.5. The summed E-state index contributed by atoms with van der Waals surface area (Å²) in [7, 11) is 3.54. The van der Waals surface area contributed by atoms with E-state index in [1.165, 1.54) is 0 Å². The second-order valence-electron chi connectivity index (χ2n) is 11.6. The molecule has 2 aliphatic rings. The number of piperidine rings is 1. The second-order valence-corrected chi connectivity index (χ2v) is 11.6. The first kappa shape index (κ1) is 28.0. The van der Waals surface area contributed by atoms with Gasteiger partial charge in [-0.3, -0.25) is 19.4 Å². The molecule has 0 radical (unpaired) electrons. The van der Waals surface area contributed by atoms with E-state index in [4.69, 9.17) is 9.84 Å². The fourth-order valence-corrected chi connectivity index (χ4v) is 6.13. The van der Waals surface area contributed by atoms with Crippen molar-refractivity contribution in [3.63, 3.8) is 0 Å². The van der Waals surface area contributed by atoms with Crippen LogP contribution in [0.3, 0.4) is 0 Å². The number of pyridine rings is 3. The zero-order valence-corrected chi connectivity index (χ0v) is 25.0. The summed E-state index contributed by atoms with van der Waals surface area (Å²) < 4.78 is 8.18. The van der Waals surface area contributed by atoms with Crippen molar-refractivity contribution in [1.82, 2.24) is 29.6 Å². The third-order valence-electron chi connectivity index (χ3n) is 8.67. The van der Waals surface area contributed by atoms with Crippen LogP contribution >= 0.6 is 0 Å². The molecule has 2 N–H and O–H groups in total. The number of carbonyl (C=O) groups is 1. The highest BCUT2D eigenvalue weighted by molar-refractivity contribution is 6.05. The smallest absolute Gasteiger partial charge is 0.228 e. The number of anilines is 2. The lowest BCUT2D eigenvalue weighted by atomic mass is 9.96. The van der Waals surface area contributed by atoms with Gasteiger partial charge in [-0.15, -0.1) is 0 Å². The quantitative estimate of drug-likeness (QED) is 0.223. The Balaban J connectivity index is 1.17. The monoisotopic (exact) mass is 588 g/mol. The number of ether oxygens (including phenoxy) is 1. The first-order chi connectivity index (χ1) is 21.6. The number of likely N-dealkylation sites (tertiary alicyclic amines) is 1. The highest BCUT2D eigenvalue weighted by Crippen LogP contribution is 2.42. The summed E-state index contributed by atoms with van der Waals surface area (Å²) in [5.41, 5.74) is 4.88. The average molecular weight is 589 g/mol. The Labute approximate surface area is 256 Å². The third-order valence-corrected chi connectivity index (χ3v) is 8.67. The van der Waals surface area contributed by atoms with Crippen LogP contribution in [0, 0.1) is 5.92 Å². The van der Waals surface area contributed by atoms with Crippen LogP contribution in [-0.4, -0.2) is 62.8 Å². The van der Waals surface area contributed by atoms with Gasteiger partial charge in [0.1, 0.15) is 17.4 Å². The number of aromatic nitrogens is 5. The number of para-hydroxylation sites is 1. The summed E-state index contributed by atoms with van der Waals surface area (Å²) >= 11 is 0. The van der Waals surface area contributed by atoms with E-state index in [-0.39, 0.29) is 11.8 Å². The van der Waals surface area contributed by atoms with Gasteiger partial charge in [-0.25, -0.2) is 9.97 Å². The number of methoxy groups -OCH3 is 1. The lowest BCUT2D eigenvalue weighted by Gasteiger charge is -2.31. The van der Waals surface area contributed by atoms with Crippen LogP contribution in [0.4, 0.5) is 11.6 Å². The predicted molar refractivity (Wildman–Crippen MR) is 171 cm³/mol. The Hall–Kier alpha value is -4.83. The lowest BCUT2D eigenvalue weighted by molar-refractivity contribution is -0.117. The third kappa shape index (κ3) is 5.60. The predicted octanol–water partition coefficient (Wildman–Crippen LogP) is 5.79. The van der Waals surface area contributed by atoms with Crippen LogP contribution < -0.4 is 15.4 Å². The molecular weight excluding hydrogens is 552 g/mol. The molecule has 1 saturated carbocycles. The van der Waals surface area contributed by atoms with Crippen molar-refractivity contribution in [1.29, 1.82) is 0 Å². The molecule has 1 amide bonds. The minimum atomic E-state index is 0.0248. The number of fused-ring (bicyclic) bond motifs is 1. The normalized spacial score (nSPS) is 15.8. The summed E-state index contributed by atoms with van der Waals surface area (Å²) in [5, 5.41) is 12.7. The SMILES string of the molecule is CNc1ncc(-c2cccc(-c3cnn(C4CCN(Cc5ccccn5)CC4)c3)c2OC)c2cc(NC(=O)C3CC3)ncc12. The Morgan fingerprint density at radius 1 is 0.932 bits per heavy atom. The van der Waals surface area contributed by atoms with E-state index in [9.17, 15) is 4.79 Å². The minimum absolute atomic E-state index is 0.0248. The number of benzene rings is 1. The molecule has 224 valence electrons. The van der Waals surface area contributed by atoms with Crippen LogP contribution in [0.5, 0.6) is 5.75 Å². The molecule has 10 heteroatoms.